The fraction of sp³-hybridized carbons (Fsp3) is 0.500. The molecular formula is C22H31N7S. The maximum absolute atomic E-state index is 5.29. The number of para-hydroxylation sites is 1. The van der Waals surface area contributed by atoms with Gasteiger partial charge in [-0.1, -0.05) is 18.2 Å². The molecule has 0 bridgehead atoms. The Labute approximate surface area is 184 Å². The number of piperidine rings is 1. The molecule has 0 aliphatic carbocycles. The zero-order valence-electron chi connectivity index (χ0n) is 17.8. The van der Waals surface area contributed by atoms with E-state index in [2.05, 4.69) is 68.7 Å². The van der Waals surface area contributed by atoms with Gasteiger partial charge >= 0.3 is 0 Å². The van der Waals surface area contributed by atoms with Crippen molar-refractivity contribution < 1.29 is 0 Å². The summed E-state index contributed by atoms with van der Waals surface area (Å²) < 4.78 is 0. The maximum Gasteiger partial charge on any atom is 0.232 e. The van der Waals surface area contributed by atoms with Gasteiger partial charge in [-0.3, -0.25) is 0 Å². The highest BCUT2D eigenvalue weighted by Gasteiger charge is 2.24. The Hall–Kier alpha value is -2.61. The first-order chi connectivity index (χ1) is 14.6. The van der Waals surface area contributed by atoms with Gasteiger partial charge in [0, 0.05) is 57.6 Å². The summed E-state index contributed by atoms with van der Waals surface area (Å²) in [5.74, 6) is 2.51. The van der Waals surface area contributed by atoms with Gasteiger partial charge < -0.3 is 25.3 Å². The monoisotopic (exact) mass is 425 g/mol. The lowest BCUT2D eigenvalue weighted by Gasteiger charge is -2.38. The van der Waals surface area contributed by atoms with E-state index in [4.69, 9.17) is 22.2 Å². The van der Waals surface area contributed by atoms with E-state index in [9.17, 15) is 0 Å². The second kappa shape index (κ2) is 9.47. The number of hydrogen-bond acceptors (Lipinski definition) is 6. The largest absolute Gasteiger partial charge is 0.368 e. The lowest BCUT2D eigenvalue weighted by Crippen LogP contribution is -2.47. The Kier molecular flexibility index (Phi) is 6.52. The van der Waals surface area contributed by atoms with Gasteiger partial charge in [-0.2, -0.15) is 9.97 Å². The lowest BCUT2D eigenvalue weighted by molar-refractivity contribution is 0.481. The van der Waals surface area contributed by atoms with Crippen molar-refractivity contribution in [3.05, 3.63) is 36.4 Å². The third-order valence-electron chi connectivity index (χ3n) is 5.97. The fourth-order valence-electron chi connectivity index (χ4n) is 4.22. The summed E-state index contributed by atoms with van der Waals surface area (Å²) in [6.07, 6.45) is 3.69. The average Bonchev–Trinajstić information content (AvgIpc) is 2.80. The average molecular weight is 426 g/mol. The highest BCUT2D eigenvalue weighted by atomic mass is 32.1. The molecule has 1 aromatic carbocycles. The Morgan fingerprint density at radius 3 is 2.37 bits per heavy atom. The summed E-state index contributed by atoms with van der Waals surface area (Å²) in [6.45, 7) is 7.12. The number of rotatable bonds is 4. The summed E-state index contributed by atoms with van der Waals surface area (Å²) in [7, 11) is 1.80. The second-order valence-electron chi connectivity index (χ2n) is 7.96. The van der Waals surface area contributed by atoms with E-state index in [1.807, 2.05) is 0 Å². The molecule has 0 radical (unpaired) electrons. The van der Waals surface area contributed by atoms with E-state index < -0.39 is 0 Å². The first-order valence-electron chi connectivity index (χ1n) is 10.8. The van der Waals surface area contributed by atoms with Gasteiger partial charge in [-0.15, -0.1) is 0 Å². The molecule has 2 aliphatic rings. The maximum atomic E-state index is 5.29. The zero-order valence-corrected chi connectivity index (χ0v) is 18.7. The Bertz CT molecular complexity index is 852. The van der Waals surface area contributed by atoms with Gasteiger partial charge in [0.05, 0.1) is 0 Å². The Morgan fingerprint density at radius 2 is 1.67 bits per heavy atom. The normalized spacial score (nSPS) is 19.5. The predicted octanol–water partition coefficient (Wildman–Crippen LogP) is 3.10. The van der Waals surface area contributed by atoms with Crippen LogP contribution in [0.3, 0.4) is 0 Å². The van der Waals surface area contributed by atoms with Crippen LogP contribution in [0.2, 0.25) is 0 Å². The summed E-state index contributed by atoms with van der Waals surface area (Å²) in [5, 5.41) is 6.61. The van der Waals surface area contributed by atoms with Crippen molar-refractivity contribution in [3.63, 3.8) is 0 Å². The fourth-order valence-corrected chi connectivity index (χ4v) is 4.31. The molecule has 0 amide bonds. The highest BCUT2D eigenvalue weighted by molar-refractivity contribution is 7.80. The van der Waals surface area contributed by atoms with Crippen molar-refractivity contribution in [2.24, 2.45) is 0 Å². The minimum absolute atomic E-state index is 0.487. The molecule has 4 rings (SSSR count). The molecule has 2 aromatic rings. The molecule has 0 spiro atoms. The van der Waals surface area contributed by atoms with Gasteiger partial charge in [0.15, 0.2) is 5.11 Å². The van der Waals surface area contributed by atoms with Crippen LogP contribution in [0.4, 0.5) is 23.3 Å². The minimum atomic E-state index is 0.487. The van der Waals surface area contributed by atoms with Crippen LogP contribution in [-0.2, 0) is 0 Å². The molecular weight excluding hydrogens is 394 g/mol. The Morgan fingerprint density at radius 1 is 0.967 bits per heavy atom. The summed E-state index contributed by atoms with van der Waals surface area (Å²) >= 11 is 5.29. The molecule has 1 atom stereocenters. The van der Waals surface area contributed by atoms with E-state index in [-0.39, 0.29) is 0 Å². The van der Waals surface area contributed by atoms with E-state index >= 15 is 0 Å². The summed E-state index contributed by atoms with van der Waals surface area (Å²) in [5.41, 5.74) is 1.28. The molecule has 30 heavy (non-hydrogen) atoms. The van der Waals surface area contributed by atoms with E-state index in [1.54, 1.807) is 7.05 Å². The smallest absolute Gasteiger partial charge is 0.232 e. The van der Waals surface area contributed by atoms with Crippen molar-refractivity contribution in [2.45, 2.75) is 32.2 Å². The van der Waals surface area contributed by atoms with Crippen LogP contribution in [0.1, 0.15) is 26.2 Å². The molecule has 7 nitrogen and oxygen atoms in total. The number of piperazine rings is 1. The zero-order chi connectivity index (χ0) is 20.9. The van der Waals surface area contributed by atoms with Crippen LogP contribution in [0.5, 0.6) is 0 Å². The van der Waals surface area contributed by atoms with Crippen molar-refractivity contribution in [1.29, 1.82) is 0 Å². The van der Waals surface area contributed by atoms with Crippen molar-refractivity contribution in [3.8, 4) is 0 Å². The van der Waals surface area contributed by atoms with Gasteiger partial charge in [-0.05, 0) is 50.5 Å². The molecule has 2 saturated heterocycles. The van der Waals surface area contributed by atoms with E-state index in [0.29, 0.717) is 17.1 Å². The molecule has 2 fully saturated rings. The van der Waals surface area contributed by atoms with Gasteiger partial charge in [0.1, 0.15) is 11.6 Å². The third kappa shape index (κ3) is 4.75. The van der Waals surface area contributed by atoms with Crippen LogP contribution in [0.25, 0.3) is 0 Å². The topological polar surface area (TPSA) is 59.6 Å². The SMILES string of the molecule is CNC(=S)Nc1nc(N2CCN(c3ccccc3)CC2)cc(N2CCCC[C@H]2C)n1. The number of thiocarbonyl (C=S) groups is 1. The van der Waals surface area contributed by atoms with E-state index in [0.717, 1.165) is 44.4 Å². The van der Waals surface area contributed by atoms with Crippen molar-refractivity contribution >= 4 is 40.6 Å². The number of nitrogens with zero attached hydrogens (tertiary/aromatic N) is 5. The molecule has 0 unspecified atom stereocenters. The molecule has 8 heteroatoms. The quantitative estimate of drug-likeness (QED) is 0.725. The minimum Gasteiger partial charge on any atom is -0.368 e. The molecule has 3 heterocycles. The number of anilines is 4. The molecule has 2 aliphatic heterocycles. The van der Waals surface area contributed by atoms with Crippen LogP contribution in [-0.4, -0.2) is 60.9 Å². The molecule has 0 saturated carbocycles. The first-order valence-corrected chi connectivity index (χ1v) is 11.2. The summed E-state index contributed by atoms with van der Waals surface area (Å²) in [4.78, 5) is 16.8. The van der Waals surface area contributed by atoms with Crippen molar-refractivity contribution in [1.82, 2.24) is 15.3 Å². The van der Waals surface area contributed by atoms with Crippen LogP contribution in [0, 0.1) is 0 Å². The second-order valence-corrected chi connectivity index (χ2v) is 8.37. The van der Waals surface area contributed by atoms with Crippen molar-refractivity contribution in [2.75, 3.05) is 59.8 Å². The molecule has 1 aromatic heterocycles. The van der Waals surface area contributed by atoms with Crippen LogP contribution >= 0.6 is 12.2 Å². The number of benzene rings is 1. The van der Waals surface area contributed by atoms with Gasteiger partial charge in [0.2, 0.25) is 5.95 Å². The number of aromatic nitrogens is 2. The Balaban J connectivity index is 1.55. The predicted molar refractivity (Wildman–Crippen MR) is 129 cm³/mol. The molecule has 2 N–H and O–H groups in total. The number of nitrogens with one attached hydrogen (secondary N) is 2. The van der Waals surface area contributed by atoms with Gasteiger partial charge in [0.25, 0.3) is 0 Å². The van der Waals surface area contributed by atoms with E-state index in [1.165, 1.54) is 24.9 Å². The van der Waals surface area contributed by atoms with Crippen LogP contribution < -0.4 is 25.3 Å². The molecule has 160 valence electrons. The lowest BCUT2D eigenvalue weighted by atomic mass is 10.0. The first kappa shape index (κ1) is 20.7. The van der Waals surface area contributed by atoms with Gasteiger partial charge in [-0.25, -0.2) is 0 Å². The standard InChI is InChI=1S/C22H31N7S/c1-17-8-6-7-11-29(17)20-16-19(24-21(25-20)26-22(30)23-2)28-14-12-27(13-15-28)18-9-4-3-5-10-18/h3-5,9-10,16-17H,6-8,11-15H2,1-2H3,(H2,23,24,25,26,30)/t17-/m1/s1. The third-order valence-corrected chi connectivity index (χ3v) is 6.28. The highest BCUT2D eigenvalue weighted by Crippen LogP contribution is 2.28. The number of hydrogen-bond donors (Lipinski definition) is 2. The van der Waals surface area contributed by atoms with Crippen LogP contribution in [0.15, 0.2) is 36.4 Å². The summed E-state index contributed by atoms with van der Waals surface area (Å²) in [6, 6.07) is 13.2.